The summed E-state index contributed by atoms with van der Waals surface area (Å²) in [5, 5.41) is 9.45. The van der Waals surface area contributed by atoms with Crippen LogP contribution in [-0.4, -0.2) is 16.0 Å². The van der Waals surface area contributed by atoms with Gasteiger partial charge in [0.05, 0.1) is 0 Å². The Kier molecular flexibility index (Phi) is 4.65. The Morgan fingerprint density at radius 1 is 1.12 bits per heavy atom. The Bertz CT molecular complexity index is 949. The number of aromatic nitrogens is 2. The summed E-state index contributed by atoms with van der Waals surface area (Å²) in [7, 11) is 0. The monoisotopic (exact) mass is 376 g/mol. The van der Waals surface area contributed by atoms with Crippen LogP contribution in [0.5, 0.6) is 0 Å². The van der Waals surface area contributed by atoms with Gasteiger partial charge in [-0.3, -0.25) is 0 Å². The molecule has 2 aromatic heterocycles. The van der Waals surface area contributed by atoms with Crippen molar-refractivity contribution in [1.29, 1.82) is 0 Å². The van der Waals surface area contributed by atoms with Gasteiger partial charge in [0.25, 0.3) is 0 Å². The van der Waals surface area contributed by atoms with Crippen molar-refractivity contribution in [3.8, 4) is 0 Å². The summed E-state index contributed by atoms with van der Waals surface area (Å²) in [4.78, 5) is 11.9. The molecule has 2 heterocycles. The summed E-state index contributed by atoms with van der Waals surface area (Å²) in [5.74, 6) is 1.70. The Morgan fingerprint density at radius 3 is 2.67 bits per heavy atom. The lowest BCUT2D eigenvalue weighted by atomic mass is 10.0. The number of rotatable bonds is 5. The molecule has 0 fully saturated rings. The van der Waals surface area contributed by atoms with Crippen LogP contribution in [0.1, 0.15) is 30.0 Å². The van der Waals surface area contributed by atoms with Crippen molar-refractivity contribution in [2.24, 2.45) is 0 Å². The number of hydrogen-bond donors (Lipinski definition) is 0. The molecule has 3 aromatic rings. The molecule has 0 atom stereocenters. The maximum absolute atomic E-state index is 11.9. The van der Waals surface area contributed by atoms with E-state index >= 15 is 0 Å². The van der Waals surface area contributed by atoms with Crippen molar-refractivity contribution >= 4 is 45.8 Å². The summed E-state index contributed by atoms with van der Waals surface area (Å²) in [6.45, 7) is 2.10. The van der Waals surface area contributed by atoms with Crippen LogP contribution in [0.25, 0.3) is 11.0 Å². The minimum atomic E-state index is -0.282. The molecule has 0 saturated carbocycles. The van der Waals surface area contributed by atoms with Gasteiger partial charge in [0.15, 0.2) is 8.68 Å². The first-order valence-electron chi connectivity index (χ1n) is 7.90. The number of hydrogen-bond acceptors (Lipinski definition) is 7. The van der Waals surface area contributed by atoms with Crippen molar-refractivity contribution in [2.75, 3.05) is 5.75 Å². The smallest absolute Gasteiger partial charge is 0.336 e. The SMILES string of the molecule is CCSc1nnc(SCc2cc(=O)oc3cc4c(cc23)CCC4)s1. The quantitative estimate of drug-likeness (QED) is 0.481. The van der Waals surface area contributed by atoms with Gasteiger partial charge in [-0.05, 0) is 53.8 Å². The van der Waals surface area contributed by atoms with Gasteiger partial charge >= 0.3 is 5.63 Å². The Balaban J connectivity index is 1.64. The van der Waals surface area contributed by atoms with Crippen LogP contribution in [0.4, 0.5) is 0 Å². The molecular weight excluding hydrogens is 360 g/mol. The van der Waals surface area contributed by atoms with Gasteiger partial charge in [0, 0.05) is 17.2 Å². The van der Waals surface area contributed by atoms with E-state index in [1.54, 1.807) is 40.9 Å². The van der Waals surface area contributed by atoms with E-state index in [0.29, 0.717) is 11.3 Å². The lowest BCUT2D eigenvalue weighted by Gasteiger charge is -2.07. The van der Waals surface area contributed by atoms with Crippen LogP contribution in [0.3, 0.4) is 0 Å². The van der Waals surface area contributed by atoms with Crippen LogP contribution in [0, 0.1) is 0 Å². The largest absolute Gasteiger partial charge is 0.423 e. The van der Waals surface area contributed by atoms with Crippen molar-refractivity contribution in [2.45, 2.75) is 40.6 Å². The summed E-state index contributed by atoms with van der Waals surface area (Å²) < 4.78 is 7.36. The Hall–Kier alpha value is -1.31. The fourth-order valence-corrected chi connectivity index (χ4v) is 5.90. The van der Waals surface area contributed by atoms with Crippen molar-refractivity contribution < 1.29 is 4.42 Å². The number of fused-ring (bicyclic) bond motifs is 2. The maximum Gasteiger partial charge on any atom is 0.336 e. The van der Waals surface area contributed by atoms with E-state index < -0.39 is 0 Å². The van der Waals surface area contributed by atoms with Gasteiger partial charge in [-0.25, -0.2) is 4.79 Å². The van der Waals surface area contributed by atoms with E-state index in [-0.39, 0.29) is 5.63 Å². The average Bonchev–Trinajstić information content (AvgIpc) is 3.19. The highest BCUT2D eigenvalue weighted by Crippen LogP contribution is 2.33. The van der Waals surface area contributed by atoms with Gasteiger partial charge in [0.2, 0.25) is 0 Å². The fourth-order valence-electron chi connectivity index (χ4n) is 2.99. The van der Waals surface area contributed by atoms with E-state index in [9.17, 15) is 4.79 Å². The van der Waals surface area contributed by atoms with E-state index in [4.69, 9.17) is 4.42 Å². The van der Waals surface area contributed by atoms with E-state index in [0.717, 1.165) is 38.2 Å². The van der Waals surface area contributed by atoms with Crippen LogP contribution in [0.15, 0.2) is 36.1 Å². The van der Waals surface area contributed by atoms with Crippen LogP contribution < -0.4 is 5.63 Å². The van der Waals surface area contributed by atoms with Crippen molar-refractivity contribution in [1.82, 2.24) is 10.2 Å². The van der Waals surface area contributed by atoms with E-state index in [1.165, 1.54) is 17.5 Å². The highest BCUT2D eigenvalue weighted by Gasteiger charge is 2.15. The minimum absolute atomic E-state index is 0.282. The number of aryl methyl sites for hydroxylation is 2. The van der Waals surface area contributed by atoms with E-state index in [2.05, 4.69) is 23.2 Å². The molecule has 124 valence electrons. The topological polar surface area (TPSA) is 56.0 Å². The molecule has 4 rings (SSSR count). The molecule has 4 nitrogen and oxygen atoms in total. The number of nitrogens with zero attached hydrogens (tertiary/aromatic N) is 2. The molecule has 0 radical (unpaired) electrons. The summed E-state index contributed by atoms with van der Waals surface area (Å²) in [5.41, 5.74) is 4.15. The number of benzene rings is 1. The second kappa shape index (κ2) is 6.90. The first-order chi connectivity index (χ1) is 11.7. The lowest BCUT2D eigenvalue weighted by molar-refractivity contribution is 0.559. The van der Waals surface area contributed by atoms with Gasteiger partial charge in [0.1, 0.15) is 5.58 Å². The minimum Gasteiger partial charge on any atom is -0.423 e. The van der Waals surface area contributed by atoms with Crippen LogP contribution in [0.2, 0.25) is 0 Å². The summed E-state index contributed by atoms with van der Waals surface area (Å²) >= 11 is 4.94. The van der Waals surface area contributed by atoms with Crippen molar-refractivity contribution in [3.63, 3.8) is 0 Å². The zero-order valence-corrected chi connectivity index (χ0v) is 15.7. The highest BCUT2D eigenvalue weighted by molar-refractivity contribution is 8.02. The Labute approximate surface area is 152 Å². The molecule has 0 saturated heterocycles. The van der Waals surface area contributed by atoms with Crippen molar-refractivity contribution in [3.05, 3.63) is 45.3 Å². The molecule has 0 amide bonds. The molecule has 0 spiro atoms. The third kappa shape index (κ3) is 3.25. The standard InChI is InChI=1S/C17H16N2O2S3/c1-2-22-16-18-19-17(24-16)23-9-12-8-15(20)21-14-7-11-5-3-4-10(11)6-13(12)14/h6-8H,2-5,9H2,1H3. The zero-order valence-electron chi connectivity index (χ0n) is 13.2. The fraction of sp³-hybridized carbons (Fsp3) is 0.353. The third-order valence-corrected chi connectivity index (χ3v) is 7.17. The van der Waals surface area contributed by atoms with Crippen LogP contribution >= 0.6 is 34.9 Å². The Morgan fingerprint density at radius 2 is 1.88 bits per heavy atom. The molecule has 1 aliphatic carbocycles. The molecule has 7 heteroatoms. The predicted molar refractivity (Wildman–Crippen MR) is 100 cm³/mol. The molecule has 0 unspecified atom stereocenters. The average molecular weight is 377 g/mol. The molecule has 24 heavy (non-hydrogen) atoms. The normalized spacial score (nSPS) is 13.5. The molecule has 0 N–H and O–H groups in total. The summed E-state index contributed by atoms with van der Waals surface area (Å²) in [6, 6.07) is 5.86. The molecule has 0 bridgehead atoms. The first kappa shape index (κ1) is 16.2. The van der Waals surface area contributed by atoms with Gasteiger partial charge in [-0.1, -0.05) is 41.8 Å². The predicted octanol–water partition coefficient (Wildman–Crippen LogP) is 4.54. The zero-order chi connectivity index (χ0) is 16.5. The molecular formula is C17H16N2O2S3. The lowest BCUT2D eigenvalue weighted by Crippen LogP contribution is -2.00. The summed E-state index contributed by atoms with van der Waals surface area (Å²) in [6.07, 6.45) is 3.38. The molecule has 1 aliphatic rings. The second-order valence-corrected chi connectivity index (χ2v) is 9.33. The maximum atomic E-state index is 11.9. The highest BCUT2D eigenvalue weighted by atomic mass is 32.2. The van der Waals surface area contributed by atoms with Gasteiger partial charge in [-0.2, -0.15) is 0 Å². The van der Waals surface area contributed by atoms with Crippen LogP contribution in [-0.2, 0) is 18.6 Å². The van der Waals surface area contributed by atoms with E-state index in [1.807, 2.05) is 6.07 Å². The molecule has 0 aliphatic heterocycles. The third-order valence-electron chi connectivity index (χ3n) is 4.05. The molecule has 1 aromatic carbocycles. The van der Waals surface area contributed by atoms with Gasteiger partial charge in [-0.15, -0.1) is 10.2 Å². The second-order valence-electron chi connectivity index (χ2n) is 5.62. The first-order valence-corrected chi connectivity index (χ1v) is 10.7. The van der Waals surface area contributed by atoms with Gasteiger partial charge < -0.3 is 4.42 Å². The number of thioether (sulfide) groups is 2.